The normalized spacial score (nSPS) is 26.0. The van der Waals surface area contributed by atoms with E-state index in [1.165, 1.54) is 18.4 Å². The third kappa shape index (κ3) is 3.82. The number of nitrogens with one attached hydrogen (secondary N) is 1. The van der Waals surface area contributed by atoms with E-state index in [-0.39, 0.29) is 5.82 Å². The minimum absolute atomic E-state index is 0.151. The zero-order valence-electron chi connectivity index (χ0n) is 13.1. The molecule has 3 rings (SSSR count). The lowest BCUT2D eigenvalue weighted by Crippen LogP contribution is -2.54. The second kappa shape index (κ2) is 6.42. The van der Waals surface area contributed by atoms with Crippen LogP contribution in [0.15, 0.2) is 24.3 Å². The van der Waals surface area contributed by atoms with Crippen LogP contribution in [0.4, 0.5) is 4.39 Å². The molecule has 1 saturated heterocycles. The molecule has 2 fully saturated rings. The second-order valence-electron chi connectivity index (χ2n) is 6.67. The highest BCUT2D eigenvalue weighted by Gasteiger charge is 2.33. The lowest BCUT2D eigenvalue weighted by atomic mass is 10.0. The minimum Gasteiger partial charge on any atom is -0.308 e. The fraction of sp³-hybridized carbons (Fsp3) is 0.647. The molecule has 1 aromatic carbocycles. The van der Waals surface area contributed by atoms with Crippen molar-refractivity contribution in [2.24, 2.45) is 5.92 Å². The zero-order valence-corrected chi connectivity index (χ0v) is 13.1. The van der Waals surface area contributed by atoms with Crippen molar-refractivity contribution >= 4 is 0 Å². The van der Waals surface area contributed by atoms with E-state index in [2.05, 4.69) is 29.2 Å². The average molecular weight is 291 g/mol. The standard InChI is InChI=1S/C17H26FN3/c1-20-9-10-21(2)16(12-20)11-19-17(13-3-4-13)14-5-7-15(18)8-6-14/h5-8,13,16-17,19H,3-4,9-12H2,1-2H3. The Morgan fingerprint density at radius 3 is 2.57 bits per heavy atom. The third-order valence-corrected chi connectivity index (χ3v) is 4.88. The molecular formula is C17H26FN3. The molecule has 2 aliphatic rings. The maximum atomic E-state index is 13.1. The van der Waals surface area contributed by atoms with Crippen LogP contribution in [0.2, 0.25) is 0 Å². The molecule has 0 aromatic heterocycles. The van der Waals surface area contributed by atoms with E-state index in [1.54, 1.807) is 12.1 Å². The molecule has 2 unspecified atom stereocenters. The quantitative estimate of drug-likeness (QED) is 0.896. The van der Waals surface area contributed by atoms with Gasteiger partial charge in [0.2, 0.25) is 0 Å². The van der Waals surface area contributed by atoms with E-state index in [0.29, 0.717) is 12.1 Å². The van der Waals surface area contributed by atoms with Gasteiger partial charge in [0.15, 0.2) is 0 Å². The van der Waals surface area contributed by atoms with E-state index in [9.17, 15) is 4.39 Å². The van der Waals surface area contributed by atoms with Gasteiger partial charge in [-0.25, -0.2) is 4.39 Å². The van der Waals surface area contributed by atoms with Gasteiger partial charge < -0.3 is 10.2 Å². The van der Waals surface area contributed by atoms with Crippen molar-refractivity contribution in [2.75, 3.05) is 40.3 Å². The highest BCUT2D eigenvalue weighted by molar-refractivity contribution is 5.22. The maximum absolute atomic E-state index is 13.1. The minimum atomic E-state index is -0.151. The summed E-state index contributed by atoms with van der Waals surface area (Å²) < 4.78 is 13.1. The molecule has 21 heavy (non-hydrogen) atoms. The lowest BCUT2D eigenvalue weighted by Gasteiger charge is -2.38. The number of benzene rings is 1. The summed E-state index contributed by atoms with van der Waals surface area (Å²) >= 11 is 0. The van der Waals surface area contributed by atoms with Crippen LogP contribution in [0.1, 0.15) is 24.4 Å². The predicted molar refractivity (Wildman–Crippen MR) is 83.8 cm³/mol. The van der Waals surface area contributed by atoms with E-state index in [1.807, 2.05) is 12.1 Å². The summed E-state index contributed by atoms with van der Waals surface area (Å²) in [4.78, 5) is 4.85. The predicted octanol–water partition coefficient (Wildman–Crippen LogP) is 2.11. The molecule has 1 aromatic rings. The van der Waals surface area contributed by atoms with Crippen LogP contribution in [-0.4, -0.2) is 56.1 Å². The van der Waals surface area contributed by atoms with Gasteiger partial charge in [-0.15, -0.1) is 0 Å². The average Bonchev–Trinajstić information content (AvgIpc) is 3.29. The molecule has 3 nitrogen and oxygen atoms in total. The molecule has 1 saturated carbocycles. The van der Waals surface area contributed by atoms with Crippen LogP contribution in [0, 0.1) is 11.7 Å². The van der Waals surface area contributed by atoms with Crippen LogP contribution in [0.3, 0.4) is 0 Å². The Morgan fingerprint density at radius 2 is 1.90 bits per heavy atom. The summed E-state index contributed by atoms with van der Waals surface area (Å²) in [5.74, 6) is 0.573. The summed E-state index contributed by atoms with van der Waals surface area (Å²) in [5, 5.41) is 3.75. The van der Waals surface area contributed by atoms with Gasteiger partial charge in [0, 0.05) is 38.3 Å². The van der Waals surface area contributed by atoms with Crippen molar-refractivity contribution < 1.29 is 4.39 Å². The highest BCUT2D eigenvalue weighted by atomic mass is 19.1. The second-order valence-corrected chi connectivity index (χ2v) is 6.67. The number of hydrogen-bond acceptors (Lipinski definition) is 3. The van der Waals surface area contributed by atoms with Crippen molar-refractivity contribution in [1.29, 1.82) is 0 Å². The Labute approximate surface area is 127 Å². The van der Waals surface area contributed by atoms with Crippen molar-refractivity contribution in [3.8, 4) is 0 Å². The summed E-state index contributed by atoms with van der Waals surface area (Å²) in [7, 11) is 4.40. The third-order valence-electron chi connectivity index (χ3n) is 4.88. The first-order valence-electron chi connectivity index (χ1n) is 8.01. The number of piperazine rings is 1. The Hall–Kier alpha value is -0.970. The number of halogens is 1. The van der Waals surface area contributed by atoms with E-state index in [0.717, 1.165) is 32.1 Å². The molecule has 0 spiro atoms. The topological polar surface area (TPSA) is 18.5 Å². The number of nitrogens with zero attached hydrogens (tertiary/aromatic N) is 2. The molecule has 1 aliphatic carbocycles. The fourth-order valence-electron chi connectivity index (χ4n) is 3.24. The van der Waals surface area contributed by atoms with E-state index >= 15 is 0 Å². The summed E-state index contributed by atoms with van der Waals surface area (Å²) in [6, 6.07) is 7.96. The molecular weight excluding hydrogens is 265 g/mol. The van der Waals surface area contributed by atoms with Gasteiger partial charge in [-0.3, -0.25) is 4.90 Å². The number of hydrogen-bond donors (Lipinski definition) is 1. The summed E-state index contributed by atoms with van der Waals surface area (Å²) in [6.45, 7) is 4.40. The Kier molecular flexibility index (Phi) is 4.57. The molecule has 4 heteroatoms. The first-order chi connectivity index (χ1) is 10.1. The molecule has 0 radical (unpaired) electrons. The van der Waals surface area contributed by atoms with Gasteiger partial charge in [-0.05, 0) is 50.6 Å². The van der Waals surface area contributed by atoms with Gasteiger partial charge in [0.25, 0.3) is 0 Å². The molecule has 2 atom stereocenters. The monoisotopic (exact) mass is 291 g/mol. The first-order valence-corrected chi connectivity index (χ1v) is 8.01. The van der Waals surface area contributed by atoms with Gasteiger partial charge in [-0.2, -0.15) is 0 Å². The molecule has 1 aliphatic heterocycles. The highest BCUT2D eigenvalue weighted by Crippen LogP contribution is 2.41. The Bertz CT molecular complexity index is 458. The van der Waals surface area contributed by atoms with Crippen molar-refractivity contribution in [3.63, 3.8) is 0 Å². The molecule has 116 valence electrons. The molecule has 0 amide bonds. The SMILES string of the molecule is CN1CCN(C)C(CNC(c2ccc(F)cc2)C2CC2)C1. The van der Waals surface area contributed by atoms with Crippen molar-refractivity contribution in [3.05, 3.63) is 35.6 Å². The van der Waals surface area contributed by atoms with E-state index in [4.69, 9.17) is 0 Å². The number of rotatable bonds is 5. The van der Waals surface area contributed by atoms with E-state index < -0.39 is 0 Å². The van der Waals surface area contributed by atoms with Gasteiger partial charge in [0.1, 0.15) is 5.82 Å². The zero-order chi connectivity index (χ0) is 14.8. The summed E-state index contributed by atoms with van der Waals surface area (Å²) in [6.07, 6.45) is 2.57. The molecule has 1 N–H and O–H groups in total. The smallest absolute Gasteiger partial charge is 0.123 e. The van der Waals surface area contributed by atoms with Crippen LogP contribution in [0.25, 0.3) is 0 Å². The fourth-order valence-corrected chi connectivity index (χ4v) is 3.24. The Morgan fingerprint density at radius 1 is 1.19 bits per heavy atom. The number of likely N-dealkylation sites (N-methyl/N-ethyl adjacent to an activating group) is 2. The maximum Gasteiger partial charge on any atom is 0.123 e. The lowest BCUT2D eigenvalue weighted by molar-refractivity contribution is 0.110. The van der Waals surface area contributed by atoms with Crippen LogP contribution >= 0.6 is 0 Å². The van der Waals surface area contributed by atoms with Crippen LogP contribution in [-0.2, 0) is 0 Å². The van der Waals surface area contributed by atoms with Crippen LogP contribution < -0.4 is 5.32 Å². The van der Waals surface area contributed by atoms with Gasteiger partial charge in [0.05, 0.1) is 0 Å². The van der Waals surface area contributed by atoms with Gasteiger partial charge in [-0.1, -0.05) is 12.1 Å². The van der Waals surface area contributed by atoms with Crippen LogP contribution in [0.5, 0.6) is 0 Å². The largest absolute Gasteiger partial charge is 0.308 e. The van der Waals surface area contributed by atoms with Gasteiger partial charge >= 0.3 is 0 Å². The first kappa shape index (κ1) is 14.9. The molecule has 1 heterocycles. The summed E-state index contributed by atoms with van der Waals surface area (Å²) in [5.41, 5.74) is 1.23. The molecule has 0 bridgehead atoms. The van der Waals surface area contributed by atoms with Crippen molar-refractivity contribution in [1.82, 2.24) is 15.1 Å². The Balaban J connectivity index is 1.61. The van der Waals surface area contributed by atoms with Crippen molar-refractivity contribution in [2.45, 2.75) is 24.9 Å².